The van der Waals surface area contributed by atoms with Crippen LogP contribution in [0.25, 0.3) is 28.0 Å². The zero-order valence-electron chi connectivity index (χ0n) is 18.3. The summed E-state index contributed by atoms with van der Waals surface area (Å²) in [6, 6.07) is 14.0. The van der Waals surface area contributed by atoms with E-state index in [-0.39, 0.29) is 17.7 Å². The predicted molar refractivity (Wildman–Crippen MR) is 122 cm³/mol. The summed E-state index contributed by atoms with van der Waals surface area (Å²) in [6.07, 6.45) is 3.07. The van der Waals surface area contributed by atoms with Crippen LogP contribution in [0.3, 0.4) is 0 Å². The lowest BCUT2D eigenvalue weighted by Gasteiger charge is -2.21. The Morgan fingerprint density at radius 1 is 1.12 bits per heavy atom. The molecule has 0 bridgehead atoms. The topological polar surface area (TPSA) is 102 Å². The molecule has 5 rings (SSSR count). The van der Waals surface area contributed by atoms with Crippen molar-refractivity contribution in [1.29, 1.82) is 0 Å². The number of anilines is 1. The van der Waals surface area contributed by atoms with E-state index >= 15 is 0 Å². The van der Waals surface area contributed by atoms with Gasteiger partial charge in [0.2, 0.25) is 5.65 Å². The zero-order valence-corrected chi connectivity index (χ0v) is 18.3. The number of hydrogen-bond donors (Lipinski definition) is 1. The smallest absolute Gasteiger partial charge is 0.376 e. The van der Waals surface area contributed by atoms with E-state index in [0.29, 0.717) is 12.2 Å². The van der Waals surface area contributed by atoms with E-state index < -0.39 is 0 Å². The van der Waals surface area contributed by atoms with Gasteiger partial charge in [-0.15, -0.1) is 9.50 Å². The first-order valence-corrected chi connectivity index (χ1v) is 11.0. The third-order valence-electron chi connectivity index (χ3n) is 5.89. The SMILES string of the molecule is Cc1cc(-c2c(-c3ccccc3)[nH+]c(N)n3c(=O)n(CC4CCCCO4)nc23)cc(C)n1. The number of benzene rings is 1. The number of nitrogens with two attached hydrogens (primary N) is 1. The summed E-state index contributed by atoms with van der Waals surface area (Å²) in [6.45, 7) is 5.06. The number of nitrogens with one attached hydrogen (secondary N) is 1. The predicted octanol–water partition coefficient (Wildman–Crippen LogP) is 2.81. The lowest BCUT2D eigenvalue weighted by Crippen LogP contribution is -2.32. The Balaban J connectivity index is 1.77. The molecule has 0 amide bonds. The molecule has 32 heavy (non-hydrogen) atoms. The quantitative estimate of drug-likeness (QED) is 0.535. The highest BCUT2D eigenvalue weighted by molar-refractivity contribution is 5.88. The summed E-state index contributed by atoms with van der Waals surface area (Å²) in [7, 11) is 0. The van der Waals surface area contributed by atoms with Gasteiger partial charge >= 0.3 is 11.6 Å². The second-order valence-electron chi connectivity index (χ2n) is 8.38. The Morgan fingerprint density at radius 3 is 2.56 bits per heavy atom. The molecule has 0 radical (unpaired) electrons. The molecule has 1 aliphatic rings. The summed E-state index contributed by atoms with van der Waals surface area (Å²) < 4.78 is 8.78. The standard InChI is InChI=1S/C24H26N6O2/c1-15-12-18(13-16(2)26-15)20-21(17-8-4-3-5-9-17)27-23(25)30-22(20)28-29(24(30)31)14-19-10-6-7-11-32-19/h3-5,8-9,12-13,19H,6-7,10-11,14H2,1-2H3,(H2,25,27)/p+1. The minimum absolute atomic E-state index is 0.0148. The Hall–Kier alpha value is -3.52. The number of H-pyrrole nitrogens is 1. The molecular formula is C24H27N6O2+. The minimum Gasteiger partial charge on any atom is -0.376 e. The number of nitrogens with zero attached hydrogens (tertiary/aromatic N) is 4. The van der Waals surface area contributed by atoms with Crippen LogP contribution in [0.4, 0.5) is 5.95 Å². The lowest BCUT2D eigenvalue weighted by atomic mass is 9.99. The summed E-state index contributed by atoms with van der Waals surface area (Å²) in [5.41, 5.74) is 11.9. The molecule has 0 spiro atoms. The molecule has 1 atom stereocenters. The lowest BCUT2D eigenvalue weighted by molar-refractivity contribution is -0.351. The average molecular weight is 432 g/mol. The van der Waals surface area contributed by atoms with Gasteiger partial charge in [0, 0.05) is 23.6 Å². The van der Waals surface area contributed by atoms with Crippen LogP contribution >= 0.6 is 0 Å². The van der Waals surface area contributed by atoms with E-state index in [1.165, 1.54) is 9.08 Å². The highest BCUT2D eigenvalue weighted by Gasteiger charge is 2.27. The molecule has 1 saturated heterocycles. The molecule has 4 aromatic rings. The van der Waals surface area contributed by atoms with E-state index in [1.807, 2.05) is 56.3 Å². The molecule has 1 aliphatic heterocycles. The maximum Gasteiger partial charge on any atom is 0.411 e. The van der Waals surface area contributed by atoms with Gasteiger partial charge in [-0.3, -0.25) is 10.7 Å². The second-order valence-corrected chi connectivity index (χ2v) is 8.38. The summed E-state index contributed by atoms with van der Waals surface area (Å²) in [5, 5.41) is 4.76. The first-order valence-electron chi connectivity index (χ1n) is 11.0. The summed E-state index contributed by atoms with van der Waals surface area (Å²) in [5.74, 6) is 0.242. The van der Waals surface area contributed by atoms with Crippen LogP contribution in [-0.2, 0) is 11.3 Å². The molecule has 3 aromatic heterocycles. The van der Waals surface area contributed by atoms with E-state index in [1.54, 1.807) is 0 Å². The number of ether oxygens (including phenoxy) is 1. The summed E-state index contributed by atoms with van der Waals surface area (Å²) in [4.78, 5) is 21.1. The third kappa shape index (κ3) is 3.67. The van der Waals surface area contributed by atoms with Crippen LogP contribution in [0.15, 0.2) is 47.3 Å². The van der Waals surface area contributed by atoms with E-state index in [0.717, 1.165) is 59.6 Å². The van der Waals surface area contributed by atoms with Crippen molar-refractivity contribution in [2.45, 2.75) is 45.8 Å². The van der Waals surface area contributed by atoms with Crippen molar-refractivity contribution in [3.63, 3.8) is 0 Å². The fraction of sp³-hybridized carbons (Fsp3) is 0.333. The number of hydrogen-bond acceptors (Lipinski definition) is 5. The highest BCUT2D eigenvalue weighted by atomic mass is 16.5. The fourth-order valence-corrected chi connectivity index (χ4v) is 4.48. The van der Waals surface area contributed by atoms with Gasteiger partial charge in [-0.05, 0) is 50.8 Å². The van der Waals surface area contributed by atoms with E-state index in [9.17, 15) is 4.79 Å². The van der Waals surface area contributed by atoms with Crippen molar-refractivity contribution >= 4 is 11.6 Å². The van der Waals surface area contributed by atoms with Crippen LogP contribution in [0.2, 0.25) is 0 Å². The second kappa shape index (κ2) is 8.20. The monoisotopic (exact) mass is 431 g/mol. The number of nitrogen functional groups attached to an aromatic ring is 1. The Morgan fingerprint density at radius 2 is 1.88 bits per heavy atom. The molecule has 1 aromatic carbocycles. The number of rotatable bonds is 4. The molecule has 8 heteroatoms. The molecular weight excluding hydrogens is 404 g/mol. The van der Waals surface area contributed by atoms with Crippen LogP contribution in [0.1, 0.15) is 30.7 Å². The maximum absolute atomic E-state index is 13.3. The number of fused-ring (bicyclic) bond motifs is 1. The number of aromatic amines is 1. The molecule has 1 fully saturated rings. The van der Waals surface area contributed by atoms with Gasteiger partial charge < -0.3 is 4.74 Å². The van der Waals surface area contributed by atoms with Crippen LogP contribution in [0, 0.1) is 13.8 Å². The first kappa shape index (κ1) is 20.4. The Bertz CT molecular complexity index is 1320. The molecule has 3 N–H and O–H groups in total. The van der Waals surface area contributed by atoms with E-state index in [2.05, 4.69) is 9.97 Å². The van der Waals surface area contributed by atoms with Crippen LogP contribution < -0.4 is 16.4 Å². The molecule has 0 saturated carbocycles. The van der Waals surface area contributed by atoms with Crippen molar-refractivity contribution in [1.82, 2.24) is 19.2 Å². The van der Waals surface area contributed by atoms with Crippen molar-refractivity contribution in [2.75, 3.05) is 12.3 Å². The van der Waals surface area contributed by atoms with Crippen molar-refractivity contribution in [3.8, 4) is 22.4 Å². The highest BCUT2D eigenvalue weighted by Crippen LogP contribution is 2.33. The molecule has 164 valence electrons. The minimum atomic E-state index is -0.272. The number of pyridine rings is 1. The zero-order chi connectivity index (χ0) is 22.2. The Kier molecular flexibility index (Phi) is 5.22. The Labute approximate surface area is 185 Å². The van der Waals surface area contributed by atoms with Crippen molar-refractivity contribution < 1.29 is 9.72 Å². The van der Waals surface area contributed by atoms with Crippen molar-refractivity contribution in [2.24, 2.45) is 0 Å². The normalized spacial score (nSPS) is 16.5. The van der Waals surface area contributed by atoms with Gasteiger partial charge in [0.1, 0.15) is 5.69 Å². The van der Waals surface area contributed by atoms with Crippen molar-refractivity contribution in [3.05, 3.63) is 64.3 Å². The maximum atomic E-state index is 13.3. The van der Waals surface area contributed by atoms with Gasteiger partial charge in [-0.1, -0.05) is 30.3 Å². The molecule has 8 nitrogen and oxygen atoms in total. The largest absolute Gasteiger partial charge is 0.411 e. The third-order valence-corrected chi connectivity index (χ3v) is 5.89. The van der Waals surface area contributed by atoms with Gasteiger partial charge in [-0.2, -0.15) is 4.68 Å². The van der Waals surface area contributed by atoms with Gasteiger partial charge in [-0.25, -0.2) is 9.78 Å². The number of aromatic nitrogens is 5. The molecule has 0 aliphatic carbocycles. The van der Waals surface area contributed by atoms with Gasteiger partial charge in [0.25, 0.3) is 0 Å². The average Bonchev–Trinajstić information content (AvgIpc) is 3.10. The van der Waals surface area contributed by atoms with Gasteiger partial charge in [0.15, 0.2) is 0 Å². The fourth-order valence-electron chi connectivity index (χ4n) is 4.48. The number of aryl methyl sites for hydroxylation is 2. The summed E-state index contributed by atoms with van der Waals surface area (Å²) >= 11 is 0. The van der Waals surface area contributed by atoms with Crippen LogP contribution in [-0.4, -0.2) is 31.9 Å². The molecule has 4 heterocycles. The first-order chi connectivity index (χ1) is 15.5. The van der Waals surface area contributed by atoms with Crippen LogP contribution in [0.5, 0.6) is 0 Å². The van der Waals surface area contributed by atoms with E-state index in [4.69, 9.17) is 15.6 Å². The molecule has 1 unspecified atom stereocenters. The van der Waals surface area contributed by atoms with Gasteiger partial charge in [0.05, 0.1) is 18.2 Å².